The van der Waals surface area contributed by atoms with Gasteiger partial charge < -0.3 is 10.6 Å². The van der Waals surface area contributed by atoms with Crippen molar-refractivity contribution < 1.29 is 4.79 Å². The molecule has 0 aromatic rings. The van der Waals surface area contributed by atoms with Crippen LogP contribution in [0.4, 0.5) is 0 Å². The van der Waals surface area contributed by atoms with Crippen LogP contribution in [0.5, 0.6) is 0 Å². The summed E-state index contributed by atoms with van der Waals surface area (Å²) < 4.78 is 0. The molecule has 86 valence electrons. The van der Waals surface area contributed by atoms with Gasteiger partial charge in [-0.05, 0) is 38.1 Å². The van der Waals surface area contributed by atoms with Gasteiger partial charge in [-0.3, -0.25) is 4.79 Å². The summed E-state index contributed by atoms with van der Waals surface area (Å²) in [5, 5.41) is 6.54. The maximum absolute atomic E-state index is 12.2. The summed E-state index contributed by atoms with van der Waals surface area (Å²) in [6, 6.07) is 0.461. The first-order chi connectivity index (χ1) is 7.18. The number of hydrogen-bond donors (Lipinski definition) is 2. The monoisotopic (exact) mass is 210 g/mol. The van der Waals surface area contributed by atoms with E-state index in [1.807, 2.05) is 0 Å². The molecule has 3 heteroatoms. The predicted octanol–water partition coefficient (Wildman–Crippen LogP) is 1.29. The van der Waals surface area contributed by atoms with Crippen LogP contribution in [0.1, 0.15) is 39.5 Å². The summed E-state index contributed by atoms with van der Waals surface area (Å²) in [5.41, 5.74) is -0.124. The lowest BCUT2D eigenvalue weighted by Gasteiger charge is -2.35. The Morgan fingerprint density at radius 2 is 2.33 bits per heavy atom. The van der Waals surface area contributed by atoms with Crippen LogP contribution in [0.15, 0.2) is 0 Å². The zero-order valence-electron chi connectivity index (χ0n) is 9.81. The molecule has 1 saturated carbocycles. The third kappa shape index (κ3) is 2.17. The molecule has 0 radical (unpaired) electrons. The van der Waals surface area contributed by atoms with Gasteiger partial charge in [-0.1, -0.05) is 13.8 Å². The molecule has 1 saturated heterocycles. The molecule has 3 atom stereocenters. The fourth-order valence-electron chi connectivity index (χ4n) is 2.47. The Labute approximate surface area is 92.0 Å². The molecule has 2 fully saturated rings. The van der Waals surface area contributed by atoms with Crippen molar-refractivity contribution in [1.82, 2.24) is 10.6 Å². The predicted molar refractivity (Wildman–Crippen MR) is 60.5 cm³/mol. The highest BCUT2D eigenvalue weighted by Crippen LogP contribution is 2.34. The van der Waals surface area contributed by atoms with E-state index in [4.69, 9.17) is 0 Å². The van der Waals surface area contributed by atoms with E-state index in [9.17, 15) is 4.79 Å². The van der Waals surface area contributed by atoms with Crippen LogP contribution in [0.3, 0.4) is 0 Å². The van der Waals surface area contributed by atoms with Crippen molar-refractivity contribution in [1.29, 1.82) is 0 Å². The average Bonchev–Trinajstić information content (AvgIpc) is 2.95. The second-order valence-electron chi connectivity index (χ2n) is 5.21. The van der Waals surface area contributed by atoms with Gasteiger partial charge in [-0.25, -0.2) is 0 Å². The second kappa shape index (κ2) is 4.12. The quantitative estimate of drug-likeness (QED) is 0.737. The Morgan fingerprint density at radius 3 is 2.80 bits per heavy atom. The summed E-state index contributed by atoms with van der Waals surface area (Å²) in [6.45, 7) is 6.25. The SMILES string of the molecule is CCC1(C(=O)NC2CC2C)CCCNC1. The van der Waals surface area contributed by atoms with Gasteiger partial charge in [0.2, 0.25) is 5.91 Å². The van der Waals surface area contributed by atoms with Crippen molar-refractivity contribution in [2.45, 2.75) is 45.6 Å². The lowest BCUT2D eigenvalue weighted by Crippen LogP contribution is -2.50. The summed E-state index contributed by atoms with van der Waals surface area (Å²) in [4.78, 5) is 12.2. The van der Waals surface area contributed by atoms with Crippen LogP contribution < -0.4 is 10.6 Å². The van der Waals surface area contributed by atoms with Crippen LogP contribution in [0.2, 0.25) is 0 Å². The molecule has 1 aliphatic carbocycles. The summed E-state index contributed by atoms with van der Waals surface area (Å²) in [7, 11) is 0. The van der Waals surface area contributed by atoms with Crippen molar-refractivity contribution in [3.8, 4) is 0 Å². The minimum absolute atomic E-state index is 0.124. The molecule has 0 aromatic heterocycles. The van der Waals surface area contributed by atoms with Crippen molar-refractivity contribution in [2.24, 2.45) is 11.3 Å². The Morgan fingerprint density at radius 1 is 1.60 bits per heavy atom. The van der Waals surface area contributed by atoms with Gasteiger partial charge in [0, 0.05) is 12.6 Å². The van der Waals surface area contributed by atoms with Crippen molar-refractivity contribution in [3.63, 3.8) is 0 Å². The minimum atomic E-state index is -0.124. The van der Waals surface area contributed by atoms with E-state index < -0.39 is 0 Å². The van der Waals surface area contributed by atoms with Gasteiger partial charge in [0.1, 0.15) is 0 Å². The molecule has 0 spiro atoms. The van der Waals surface area contributed by atoms with Gasteiger partial charge in [-0.15, -0.1) is 0 Å². The third-order valence-electron chi connectivity index (χ3n) is 4.06. The Hall–Kier alpha value is -0.570. The molecule has 0 aromatic carbocycles. The number of carbonyl (C=O) groups is 1. The number of piperidine rings is 1. The van der Waals surface area contributed by atoms with E-state index in [0.29, 0.717) is 12.0 Å². The zero-order chi connectivity index (χ0) is 10.9. The highest BCUT2D eigenvalue weighted by Gasteiger charge is 2.42. The second-order valence-corrected chi connectivity index (χ2v) is 5.21. The van der Waals surface area contributed by atoms with Crippen molar-refractivity contribution in [3.05, 3.63) is 0 Å². The van der Waals surface area contributed by atoms with Gasteiger partial charge in [0.05, 0.1) is 5.41 Å². The molecule has 2 N–H and O–H groups in total. The summed E-state index contributed by atoms with van der Waals surface area (Å²) in [5.74, 6) is 0.978. The molecule has 3 unspecified atom stereocenters. The fourth-order valence-corrected chi connectivity index (χ4v) is 2.47. The molecule has 1 aliphatic heterocycles. The van der Waals surface area contributed by atoms with Gasteiger partial charge in [0.25, 0.3) is 0 Å². The van der Waals surface area contributed by atoms with Crippen LogP contribution in [0, 0.1) is 11.3 Å². The largest absolute Gasteiger partial charge is 0.353 e. The number of rotatable bonds is 3. The molecular weight excluding hydrogens is 188 g/mol. The van der Waals surface area contributed by atoms with E-state index in [0.717, 1.165) is 32.4 Å². The average molecular weight is 210 g/mol. The van der Waals surface area contributed by atoms with E-state index >= 15 is 0 Å². The molecule has 1 heterocycles. The van der Waals surface area contributed by atoms with Crippen LogP contribution in [0.25, 0.3) is 0 Å². The molecule has 2 rings (SSSR count). The molecule has 0 bridgehead atoms. The normalized spacial score (nSPS) is 39.9. The number of carbonyl (C=O) groups excluding carboxylic acids is 1. The van der Waals surface area contributed by atoms with E-state index in [1.165, 1.54) is 6.42 Å². The first kappa shape index (κ1) is 10.9. The smallest absolute Gasteiger partial charge is 0.227 e. The minimum Gasteiger partial charge on any atom is -0.353 e. The van der Waals surface area contributed by atoms with Crippen LogP contribution in [-0.2, 0) is 4.79 Å². The first-order valence-electron chi connectivity index (χ1n) is 6.19. The van der Waals surface area contributed by atoms with Crippen LogP contribution in [-0.4, -0.2) is 25.0 Å². The van der Waals surface area contributed by atoms with Gasteiger partial charge >= 0.3 is 0 Å². The maximum Gasteiger partial charge on any atom is 0.227 e. The molecular formula is C12H22N2O. The van der Waals surface area contributed by atoms with Gasteiger partial charge in [-0.2, -0.15) is 0 Å². The molecule has 15 heavy (non-hydrogen) atoms. The van der Waals surface area contributed by atoms with Crippen LogP contribution >= 0.6 is 0 Å². The molecule has 2 aliphatic rings. The highest BCUT2D eigenvalue weighted by atomic mass is 16.2. The Bertz CT molecular complexity index is 246. The lowest BCUT2D eigenvalue weighted by molar-refractivity contribution is -0.132. The zero-order valence-corrected chi connectivity index (χ0v) is 9.81. The number of hydrogen-bond acceptors (Lipinski definition) is 2. The van der Waals surface area contributed by atoms with Gasteiger partial charge in [0.15, 0.2) is 0 Å². The number of nitrogens with one attached hydrogen (secondary N) is 2. The summed E-state index contributed by atoms with van der Waals surface area (Å²) in [6.07, 6.45) is 4.29. The van der Waals surface area contributed by atoms with E-state index in [-0.39, 0.29) is 11.3 Å². The summed E-state index contributed by atoms with van der Waals surface area (Å²) >= 11 is 0. The van der Waals surface area contributed by atoms with E-state index in [1.54, 1.807) is 0 Å². The number of amides is 1. The van der Waals surface area contributed by atoms with Crippen molar-refractivity contribution >= 4 is 5.91 Å². The van der Waals surface area contributed by atoms with Crippen molar-refractivity contribution in [2.75, 3.05) is 13.1 Å². The topological polar surface area (TPSA) is 41.1 Å². The first-order valence-corrected chi connectivity index (χ1v) is 6.19. The lowest BCUT2D eigenvalue weighted by atomic mass is 9.77. The Balaban J connectivity index is 1.94. The maximum atomic E-state index is 12.2. The molecule has 1 amide bonds. The standard InChI is InChI=1S/C12H22N2O/c1-3-12(5-4-6-13-8-12)11(15)14-10-7-9(10)2/h9-10,13H,3-8H2,1-2H3,(H,14,15). The highest BCUT2D eigenvalue weighted by molar-refractivity contribution is 5.83. The Kier molecular flexibility index (Phi) is 3.01. The third-order valence-corrected chi connectivity index (χ3v) is 4.06. The van der Waals surface area contributed by atoms with E-state index in [2.05, 4.69) is 24.5 Å². The fraction of sp³-hybridized carbons (Fsp3) is 0.917. The molecule has 3 nitrogen and oxygen atoms in total.